The van der Waals surface area contributed by atoms with Gasteiger partial charge in [0.1, 0.15) is 5.82 Å². The van der Waals surface area contributed by atoms with Crippen LogP contribution < -0.4 is 9.84 Å². The molecule has 9 heteroatoms. The third-order valence-electron chi connectivity index (χ3n) is 6.12. The maximum Gasteiger partial charge on any atom is 0.269 e. The molecule has 0 unspecified atom stereocenters. The Morgan fingerprint density at radius 3 is 2.36 bits per heavy atom. The number of methoxy groups -OCH3 is 1. The smallest absolute Gasteiger partial charge is 0.269 e. The molecule has 0 radical (unpaired) electrons. The number of aromatic nitrogens is 1. The van der Waals surface area contributed by atoms with E-state index in [1.807, 2.05) is 4.57 Å². The van der Waals surface area contributed by atoms with Crippen LogP contribution >= 0.6 is 11.6 Å². The minimum absolute atomic E-state index is 0.0794. The second-order valence-corrected chi connectivity index (χ2v) is 8.58. The number of fused-ring (bicyclic) bond motifs is 3. The van der Waals surface area contributed by atoms with Crippen molar-refractivity contribution in [2.24, 2.45) is 0 Å². The first-order valence-electron chi connectivity index (χ1n) is 10.8. The van der Waals surface area contributed by atoms with Crippen molar-refractivity contribution >= 4 is 45.1 Å². The number of nitro benzene ring substituents is 1. The lowest BCUT2D eigenvalue weighted by Crippen LogP contribution is -2.22. The van der Waals surface area contributed by atoms with Gasteiger partial charge in [-0.2, -0.15) is 0 Å². The molecule has 0 aliphatic rings. The summed E-state index contributed by atoms with van der Waals surface area (Å²) in [6, 6.07) is 18.3. The molecule has 0 aliphatic carbocycles. The van der Waals surface area contributed by atoms with Crippen molar-refractivity contribution in [1.82, 2.24) is 4.57 Å². The lowest BCUT2D eigenvalue weighted by molar-refractivity contribution is -0.384. The molecule has 36 heavy (non-hydrogen) atoms. The fourth-order valence-corrected chi connectivity index (χ4v) is 4.84. The second-order valence-electron chi connectivity index (χ2n) is 8.17. The molecule has 0 amide bonds. The van der Waals surface area contributed by atoms with E-state index < -0.39 is 10.9 Å². The Hall–Kier alpha value is -4.43. The number of aromatic carboxylic acids is 1. The topological polar surface area (TPSA) is 97.4 Å². The number of hydrogen-bond acceptors (Lipinski definition) is 5. The number of rotatable bonds is 6. The van der Waals surface area contributed by atoms with Gasteiger partial charge in [-0.1, -0.05) is 35.9 Å². The Bertz CT molecular complexity index is 1660. The highest BCUT2D eigenvalue weighted by Crippen LogP contribution is 2.45. The summed E-state index contributed by atoms with van der Waals surface area (Å²) in [4.78, 5) is 23.0. The van der Waals surface area contributed by atoms with Crippen LogP contribution in [0.2, 0.25) is 5.02 Å². The van der Waals surface area contributed by atoms with Crippen LogP contribution in [0.3, 0.4) is 0 Å². The third-order valence-corrected chi connectivity index (χ3v) is 6.42. The van der Waals surface area contributed by atoms with Gasteiger partial charge < -0.3 is 19.2 Å². The van der Waals surface area contributed by atoms with Crippen molar-refractivity contribution < 1.29 is 24.0 Å². The lowest BCUT2D eigenvalue weighted by Gasteiger charge is -2.17. The van der Waals surface area contributed by atoms with Gasteiger partial charge in [0.25, 0.3) is 5.69 Å². The molecule has 1 aromatic heterocycles. The van der Waals surface area contributed by atoms with Crippen molar-refractivity contribution in [3.8, 4) is 16.9 Å². The van der Waals surface area contributed by atoms with E-state index in [9.17, 15) is 24.4 Å². The first-order chi connectivity index (χ1) is 17.3. The number of carbonyl (C=O) groups excluding carboxylic acids is 1. The fraction of sp³-hybridized carbons (Fsp3) is 0.0741. The van der Waals surface area contributed by atoms with Gasteiger partial charge in [0, 0.05) is 40.6 Å². The van der Waals surface area contributed by atoms with Gasteiger partial charge in [-0.3, -0.25) is 10.1 Å². The van der Waals surface area contributed by atoms with Crippen LogP contribution in [0.5, 0.6) is 5.75 Å². The molecule has 180 valence electrons. The second kappa shape index (κ2) is 8.98. The van der Waals surface area contributed by atoms with Crippen LogP contribution in [0.15, 0.2) is 72.8 Å². The normalized spacial score (nSPS) is 11.2. The number of ether oxygens (including phenoxy) is 1. The average molecular weight is 504 g/mol. The van der Waals surface area contributed by atoms with Gasteiger partial charge in [-0.15, -0.1) is 0 Å². The number of benzene rings is 4. The highest BCUT2D eigenvalue weighted by molar-refractivity contribution is 6.37. The van der Waals surface area contributed by atoms with Gasteiger partial charge >= 0.3 is 0 Å². The Morgan fingerprint density at radius 1 is 1.06 bits per heavy atom. The van der Waals surface area contributed by atoms with E-state index in [0.717, 1.165) is 5.56 Å². The van der Waals surface area contributed by atoms with E-state index in [-0.39, 0.29) is 23.6 Å². The zero-order chi connectivity index (χ0) is 25.6. The number of halogens is 2. The third kappa shape index (κ3) is 3.81. The molecule has 5 aromatic rings. The Labute approximate surface area is 209 Å². The van der Waals surface area contributed by atoms with E-state index in [4.69, 9.17) is 16.3 Å². The molecule has 0 bridgehead atoms. The number of hydrogen-bond donors (Lipinski definition) is 0. The predicted octanol–water partition coefficient (Wildman–Crippen LogP) is 5.58. The minimum atomic E-state index is -1.40. The maximum atomic E-state index is 13.6. The zero-order valence-corrected chi connectivity index (χ0v) is 19.6. The Morgan fingerprint density at radius 2 is 1.75 bits per heavy atom. The van der Waals surface area contributed by atoms with Gasteiger partial charge in [0.05, 0.1) is 34.1 Å². The van der Waals surface area contributed by atoms with Crippen molar-refractivity contribution in [3.05, 3.63) is 105 Å². The summed E-state index contributed by atoms with van der Waals surface area (Å²) in [6.07, 6.45) is 0. The van der Waals surface area contributed by atoms with Crippen LogP contribution in [-0.4, -0.2) is 22.6 Å². The number of para-hydroxylation sites is 1. The first-order valence-corrected chi connectivity index (χ1v) is 11.2. The van der Waals surface area contributed by atoms with Gasteiger partial charge in [0.15, 0.2) is 5.75 Å². The molecule has 0 fully saturated rings. The predicted molar refractivity (Wildman–Crippen MR) is 133 cm³/mol. The van der Waals surface area contributed by atoms with Crippen molar-refractivity contribution in [1.29, 1.82) is 0 Å². The molecular formula is C27H17ClFN2O5-. The Balaban J connectivity index is 1.90. The first kappa shape index (κ1) is 23.3. The largest absolute Gasteiger partial charge is 0.545 e. The number of carboxylic acid groups (broad SMARTS) is 1. The van der Waals surface area contributed by atoms with Crippen LogP contribution in [0.25, 0.3) is 32.9 Å². The number of nitrogens with zero attached hydrogens (tertiary/aromatic N) is 2. The van der Waals surface area contributed by atoms with E-state index >= 15 is 0 Å². The number of nitro groups is 1. The molecule has 0 spiro atoms. The van der Waals surface area contributed by atoms with Crippen molar-refractivity contribution in [2.75, 3.05) is 7.11 Å². The van der Waals surface area contributed by atoms with E-state index in [2.05, 4.69) is 0 Å². The molecule has 0 saturated carbocycles. The van der Waals surface area contributed by atoms with Crippen LogP contribution in [-0.2, 0) is 6.54 Å². The molecule has 4 aromatic carbocycles. The summed E-state index contributed by atoms with van der Waals surface area (Å²) in [6.45, 7) is 0.247. The molecule has 0 saturated heterocycles. The zero-order valence-electron chi connectivity index (χ0n) is 18.8. The lowest BCUT2D eigenvalue weighted by atomic mass is 9.97. The van der Waals surface area contributed by atoms with Crippen LogP contribution in [0.4, 0.5) is 10.1 Å². The highest BCUT2D eigenvalue weighted by atomic mass is 35.5. The number of carboxylic acids is 1. The van der Waals surface area contributed by atoms with Crippen molar-refractivity contribution in [2.45, 2.75) is 6.54 Å². The molecule has 5 rings (SSSR count). The van der Waals surface area contributed by atoms with Gasteiger partial charge in [-0.25, -0.2) is 4.39 Å². The number of carbonyl (C=O) groups is 1. The average Bonchev–Trinajstić information content (AvgIpc) is 3.19. The van der Waals surface area contributed by atoms with E-state index in [1.54, 1.807) is 30.3 Å². The monoisotopic (exact) mass is 503 g/mol. The fourth-order valence-electron chi connectivity index (χ4n) is 4.56. The SMILES string of the molecule is COc1c(-c2ccc([N+](=O)[O-])cc2)cc(C(=O)[O-])c2c3cccc(Cl)c3n(Cc3ccc(F)cc3)c12. The molecule has 0 N–H and O–H groups in total. The quantitative estimate of drug-likeness (QED) is 0.222. The van der Waals surface area contributed by atoms with E-state index in [1.165, 1.54) is 49.6 Å². The minimum Gasteiger partial charge on any atom is -0.545 e. The van der Waals surface area contributed by atoms with Gasteiger partial charge in [-0.05, 0) is 47.5 Å². The molecule has 0 aliphatic heterocycles. The molecular weight excluding hydrogens is 487 g/mol. The summed E-state index contributed by atoms with van der Waals surface area (Å²) in [5.41, 5.74) is 2.55. The Kier molecular flexibility index (Phi) is 5.81. The van der Waals surface area contributed by atoms with E-state index in [0.29, 0.717) is 43.7 Å². The summed E-state index contributed by atoms with van der Waals surface area (Å²) >= 11 is 6.61. The maximum absolute atomic E-state index is 13.6. The molecule has 7 nitrogen and oxygen atoms in total. The van der Waals surface area contributed by atoms with Crippen LogP contribution in [0, 0.1) is 15.9 Å². The van der Waals surface area contributed by atoms with Crippen LogP contribution in [0.1, 0.15) is 15.9 Å². The number of non-ortho nitro benzene ring substituents is 1. The van der Waals surface area contributed by atoms with Crippen molar-refractivity contribution in [3.63, 3.8) is 0 Å². The molecule has 0 atom stereocenters. The molecule has 1 heterocycles. The highest BCUT2D eigenvalue weighted by Gasteiger charge is 2.24. The summed E-state index contributed by atoms with van der Waals surface area (Å²) < 4.78 is 21.2. The standard InChI is InChI=1S/C27H18ClFN2O5/c1-36-26-20(16-7-11-18(12-8-16)31(34)35)13-21(27(32)33)23-19-3-2-4-22(28)24(19)30(25(23)26)14-15-5-9-17(29)10-6-15/h2-13H,14H2,1H3,(H,32,33)/p-1. The summed E-state index contributed by atoms with van der Waals surface area (Å²) in [5, 5.41) is 24.8. The summed E-state index contributed by atoms with van der Waals surface area (Å²) in [7, 11) is 1.46. The van der Waals surface area contributed by atoms with Gasteiger partial charge in [0.2, 0.25) is 0 Å². The summed E-state index contributed by atoms with van der Waals surface area (Å²) in [5.74, 6) is -1.42.